The number of nitrogens with zero attached hydrogens (tertiary/aromatic N) is 3. The van der Waals surface area contributed by atoms with E-state index in [-0.39, 0.29) is 5.91 Å². The van der Waals surface area contributed by atoms with Gasteiger partial charge in [0.15, 0.2) is 0 Å². The molecule has 5 heteroatoms. The monoisotopic (exact) mass is 299 g/mol. The molecule has 17 heavy (non-hydrogen) atoms. The van der Waals surface area contributed by atoms with Crippen LogP contribution in [0.3, 0.4) is 0 Å². The van der Waals surface area contributed by atoms with Crippen LogP contribution < -0.4 is 0 Å². The molecule has 2 unspecified atom stereocenters. The molecule has 0 saturated carbocycles. The summed E-state index contributed by atoms with van der Waals surface area (Å²) in [4.78, 5) is 14.5. The van der Waals surface area contributed by atoms with E-state index in [9.17, 15) is 4.79 Å². The van der Waals surface area contributed by atoms with Crippen LogP contribution in [0.15, 0.2) is 10.7 Å². The molecule has 0 aliphatic carbocycles. The maximum atomic E-state index is 12.6. The number of aryl methyl sites for hydroxylation is 1. The highest BCUT2D eigenvalue weighted by Gasteiger charge is 2.32. The summed E-state index contributed by atoms with van der Waals surface area (Å²) in [6, 6.07) is 0.626. The van der Waals surface area contributed by atoms with Crippen molar-refractivity contribution in [2.45, 2.75) is 45.2 Å². The fourth-order valence-corrected chi connectivity index (χ4v) is 3.11. The predicted octanol–water partition coefficient (Wildman–Crippen LogP) is 2.59. The number of halogens is 1. The standard InChI is InChI=1S/C12H18BrN3O/c1-8-5-4-6-9(2)16(8)12(17)11-10(13)7-14-15(11)3/h7-9H,4-6H2,1-3H3. The van der Waals surface area contributed by atoms with Gasteiger partial charge in [0.05, 0.1) is 10.7 Å². The van der Waals surface area contributed by atoms with Gasteiger partial charge in [-0.2, -0.15) is 5.10 Å². The van der Waals surface area contributed by atoms with Crippen LogP contribution >= 0.6 is 15.9 Å². The molecule has 2 rings (SSSR count). The van der Waals surface area contributed by atoms with Crippen LogP contribution in [0, 0.1) is 0 Å². The minimum atomic E-state index is 0.0802. The Morgan fingerprint density at radius 2 is 2.00 bits per heavy atom. The largest absolute Gasteiger partial charge is 0.332 e. The molecule has 2 atom stereocenters. The first-order valence-electron chi connectivity index (χ1n) is 6.02. The molecule has 94 valence electrons. The van der Waals surface area contributed by atoms with Gasteiger partial charge >= 0.3 is 0 Å². The summed E-state index contributed by atoms with van der Waals surface area (Å²) in [6.45, 7) is 4.25. The van der Waals surface area contributed by atoms with Gasteiger partial charge in [-0.25, -0.2) is 0 Å². The van der Waals surface area contributed by atoms with E-state index in [2.05, 4.69) is 34.9 Å². The smallest absolute Gasteiger partial charge is 0.273 e. The zero-order valence-corrected chi connectivity index (χ0v) is 12.1. The Bertz CT molecular complexity index is 400. The van der Waals surface area contributed by atoms with Crippen molar-refractivity contribution in [1.82, 2.24) is 14.7 Å². The molecule has 4 nitrogen and oxygen atoms in total. The average molecular weight is 300 g/mol. The Morgan fingerprint density at radius 3 is 2.47 bits per heavy atom. The summed E-state index contributed by atoms with van der Waals surface area (Å²) in [6.07, 6.45) is 5.06. The molecule has 1 fully saturated rings. The first-order valence-corrected chi connectivity index (χ1v) is 6.82. The SMILES string of the molecule is CC1CCCC(C)N1C(=O)c1c(Br)cnn1C. The van der Waals surface area contributed by atoms with E-state index in [0.717, 1.165) is 17.3 Å². The van der Waals surface area contributed by atoms with Crippen LogP contribution in [0.1, 0.15) is 43.6 Å². The highest BCUT2D eigenvalue weighted by molar-refractivity contribution is 9.10. The Kier molecular flexibility index (Phi) is 3.56. The van der Waals surface area contributed by atoms with Crippen molar-refractivity contribution in [1.29, 1.82) is 0 Å². The van der Waals surface area contributed by atoms with Gasteiger partial charge in [0.2, 0.25) is 0 Å². The van der Waals surface area contributed by atoms with Crippen LogP contribution in [0.4, 0.5) is 0 Å². The van der Waals surface area contributed by atoms with Gasteiger partial charge in [0.1, 0.15) is 5.69 Å². The summed E-state index contributed by atoms with van der Waals surface area (Å²) in [7, 11) is 1.80. The number of hydrogen-bond acceptors (Lipinski definition) is 2. The van der Waals surface area contributed by atoms with Crippen LogP contribution in [0.25, 0.3) is 0 Å². The van der Waals surface area contributed by atoms with Crippen molar-refractivity contribution in [2.75, 3.05) is 0 Å². The number of hydrogen-bond donors (Lipinski definition) is 0. The number of carbonyl (C=O) groups is 1. The molecule has 2 heterocycles. The molecule has 0 bridgehead atoms. The van der Waals surface area contributed by atoms with E-state index in [4.69, 9.17) is 0 Å². The number of carbonyl (C=O) groups excluding carboxylic acids is 1. The zero-order chi connectivity index (χ0) is 12.6. The fourth-order valence-electron chi connectivity index (χ4n) is 2.60. The first kappa shape index (κ1) is 12.6. The minimum Gasteiger partial charge on any atom is -0.332 e. The second kappa shape index (κ2) is 4.80. The predicted molar refractivity (Wildman–Crippen MR) is 69.9 cm³/mol. The molecule has 1 aliphatic heterocycles. The molecule has 1 saturated heterocycles. The second-order valence-electron chi connectivity index (χ2n) is 4.81. The zero-order valence-electron chi connectivity index (χ0n) is 10.5. The number of aromatic nitrogens is 2. The van der Waals surface area contributed by atoms with Crippen molar-refractivity contribution in [3.05, 3.63) is 16.4 Å². The van der Waals surface area contributed by atoms with Crippen LogP contribution in [0.5, 0.6) is 0 Å². The molecule has 1 aromatic rings. The number of piperidine rings is 1. The molecule has 0 spiro atoms. The van der Waals surface area contributed by atoms with Crippen molar-refractivity contribution < 1.29 is 4.79 Å². The highest BCUT2D eigenvalue weighted by atomic mass is 79.9. The first-order chi connectivity index (χ1) is 8.02. The summed E-state index contributed by atoms with van der Waals surface area (Å²) >= 11 is 3.39. The van der Waals surface area contributed by atoms with E-state index < -0.39 is 0 Å². The number of likely N-dealkylation sites (tertiary alicyclic amines) is 1. The summed E-state index contributed by atoms with van der Waals surface area (Å²) in [5.41, 5.74) is 0.644. The molecule has 1 aliphatic rings. The van der Waals surface area contributed by atoms with Crippen molar-refractivity contribution in [3.63, 3.8) is 0 Å². The van der Waals surface area contributed by atoms with Crippen LogP contribution in [-0.2, 0) is 7.05 Å². The Labute approximate surface area is 110 Å². The molecule has 0 aromatic carbocycles. The summed E-state index contributed by atoms with van der Waals surface area (Å²) in [5, 5.41) is 4.10. The van der Waals surface area contributed by atoms with Crippen molar-refractivity contribution >= 4 is 21.8 Å². The Hall–Kier alpha value is -0.840. The van der Waals surface area contributed by atoms with Gasteiger partial charge in [-0.05, 0) is 49.0 Å². The lowest BCUT2D eigenvalue weighted by atomic mass is 9.97. The van der Waals surface area contributed by atoms with Crippen molar-refractivity contribution in [3.8, 4) is 0 Å². The number of rotatable bonds is 1. The number of amides is 1. The van der Waals surface area contributed by atoms with Gasteiger partial charge < -0.3 is 4.90 Å². The molecule has 1 amide bonds. The second-order valence-corrected chi connectivity index (χ2v) is 5.66. The third kappa shape index (κ3) is 2.25. The van der Waals surface area contributed by atoms with E-state index in [0.29, 0.717) is 17.8 Å². The van der Waals surface area contributed by atoms with E-state index in [1.165, 1.54) is 6.42 Å². The fraction of sp³-hybridized carbons (Fsp3) is 0.667. The third-order valence-electron chi connectivity index (χ3n) is 3.52. The third-order valence-corrected chi connectivity index (χ3v) is 4.11. The lowest BCUT2D eigenvalue weighted by molar-refractivity contribution is 0.0498. The van der Waals surface area contributed by atoms with Gasteiger partial charge in [-0.3, -0.25) is 9.48 Å². The molecular formula is C12H18BrN3O. The van der Waals surface area contributed by atoms with E-state index in [1.54, 1.807) is 17.9 Å². The van der Waals surface area contributed by atoms with Crippen LogP contribution in [0.2, 0.25) is 0 Å². The van der Waals surface area contributed by atoms with Gasteiger partial charge in [0.25, 0.3) is 5.91 Å². The molecule has 1 aromatic heterocycles. The van der Waals surface area contributed by atoms with Gasteiger partial charge in [0, 0.05) is 19.1 Å². The Balaban J connectivity index is 2.30. The van der Waals surface area contributed by atoms with Gasteiger partial charge in [-0.1, -0.05) is 0 Å². The average Bonchev–Trinajstić information content (AvgIpc) is 2.58. The highest BCUT2D eigenvalue weighted by Crippen LogP contribution is 2.26. The minimum absolute atomic E-state index is 0.0802. The van der Waals surface area contributed by atoms with E-state index >= 15 is 0 Å². The van der Waals surface area contributed by atoms with Gasteiger partial charge in [-0.15, -0.1) is 0 Å². The van der Waals surface area contributed by atoms with E-state index in [1.807, 2.05) is 4.90 Å². The van der Waals surface area contributed by atoms with Crippen molar-refractivity contribution in [2.24, 2.45) is 7.05 Å². The topological polar surface area (TPSA) is 38.1 Å². The lowest BCUT2D eigenvalue weighted by Gasteiger charge is -2.39. The maximum absolute atomic E-state index is 12.6. The summed E-state index contributed by atoms with van der Waals surface area (Å²) in [5.74, 6) is 0.0802. The normalized spacial score (nSPS) is 25.1. The molecular weight excluding hydrogens is 282 g/mol. The quantitative estimate of drug-likeness (QED) is 0.799. The Morgan fingerprint density at radius 1 is 1.41 bits per heavy atom. The maximum Gasteiger partial charge on any atom is 0.273 e. The molecule has 0 N–H and O–H groups in total. The summed E-state index contributed by atoms with van der Waals surface area (Å²) < 4.78 is 2.41. The van der Waals surface area contributed by atoms with Crippen LogP contribution in [-0.4, -0.2) is 32.7 Å². The molecule has 0 radical (unpaired) electrons. The lowest BCUT2D eigenvalue weighted by Crippen LogP contribution is -2.48.